The van der Waals surface area contributed by atoms with Gasteiger partial charge in [-0.3, -0.25) is 9.78 Å². The Balaban J connectivity index is 1.78. The number of carbonyl (C=O) groups is 1. The Hall–Kier alpha value is -2.34. The van der Waals surface area contributed by atoms with Crippen molar-refractivity contribution in [1.82, 2.24) is 15.6 Å². The summed E-state index contributed by atoms with van der Waals surface area (Å²) >= 11 is 0. The molecular weight excluding hydrogens is 300 g/mol. The second-order valence-corrected chi connectivity index (χ2v) is 5.59. The van der Waals surface area contributed by atoms with Gasteiger partial charge in [-0.1, -0.05) is 6.07 Å². The van der Waals surface area contributed by atoms with Gasteiger partial charge >= 0.3 is 0 Å². The van der Waals surface area contributed by atoms with Gasteiger partial charge < -0.3 is 10.6 Å². The van der Waals surface area contributed by atoms with Gasteiger partial charge in [0.15, 0.2) is 11.6 Å². The van der Waals surface area contributed by atoms with Crippen LogP contribution in [0.4, 0.5) is 8.78 Å². The number of rotatable bonds is 3. The van der Waals surface area contributed by atoms with Crippen LogP contribution in [0.25, 0.3) is 0 Å². The molecule has 0 aliphatic carbocycles. The molecule has 0 spiro atoms. The molecular formula is C17H17F2N3O. The molecule has 0 bridgehead atoms. The summed E-state index contributed by atoms with van der Waals surface area (Å²) in [5.74, 6) is -2.01. The average Bonchev–Trinajstić information content (AvgIpc) is 2.59. The van der Waals surface area contributed by atoms with Gasteiger partial charge in [0.1, 0.15) is 0 Å². The minimum atomic E-state index is -0.863. The van der Waals surface area contributed by atoms with E-state index >= 15 is 0 Å². The average molecular weight is 317 g/mol. The summed E-state index contributed by atoms with van der Waals surface area (Å²) in [6.45, 7) is 1.35. The highest BCUT2D eigenvalue weighted by molar-refractivity contribution is 5.94. The summed E-state index contributed by atoms with van der Waals surface area (Å²) in [7, 11) is 0. The molecule has 4 nitrogen and oxygen atoms in total. The molecule has 1 aromatic carbocycles. The first-order valence-electron chi connectivity index (χ1n) is 7.51. The molecule has 0 saturated carbocycles. The van der Waals surface area contributed by atoms with Crippen LogP contribution in [0.15, 0.2) is 42.7 Å². The van der Waals surface area contributed by atoms with Gasteiger partial charge in [-0.2, -0.15) is 0 Å². The van der Waals surface area contributed by atoms with Crippen molar-refractivity contribution in [2.24, 2.45) is 0 Å². The second kappa shape index (κ2) is 6.83. The molecule has 2 heterocycles. The van der Waals surface area contributed by atoms with Crippen LogP contribution in [-0.2, 0) is 0 Å². The number of benzene rings is 1. The Morgan fingerprint density at radius 3 is 2.87 bits per heavy atom. The van der Waals surface area contributed by atoms with Gasteiger partial charge in [-0.05, 0) is 42.8 Å². The molecule has 2 atom stereocenters. The molecule has 2 unspecified atom stereocenters. The van der Waals surface area contributed by atoms with E-state index in [1.807, 2.05) is 0 Å². The highest BCUT2D eigenvalue weighted by atomic mass is 19.2. The van der Waals surface area contributed by atoms with Crippen molar-refractivity contribution in [3.8, 4) is 0 Å². The van der Waals surface area contributed by atoms with Crippen LogP contribution in [0.2, 0.25) is 0 Å². The Kier molecular flexibility index (Phi) is 4.62. The van der Waals surface area contributed by atoms with E-state index in [1.54, 1.807) is 24.4 Å². The molecule has 1 fully saturated rings. The third-order valence-corrected chi connectivity index (χ3v) is 4.09. The van der Waals surface area contributed by atoms with E-state index in [2.05, 4.69) is 15.6 Å². The molecule has 1 aromatic heterocycles. The van der Waals surface area contributed by atoms with Gasteiger partial charge in [-0.15, -0.1) is 0 Å². The predicted octanol–water partition coefficient (Wildman–Crippen LogP) is 2.24. The lowest BCUT2D eigenvalue weighted by Gasteiger charge is -2.33. The van der Waals surface area contributed by atoms with Crippen molar-refractivity contribution in [3.05, 3.63) is 65.5 Å². The van der Waals surface area contributed by atoms with Crippen LogP contribution in [0, 0.1) is 11.6 Å². The summed E-state index contributed by atoms with van der Waals surface area (Å²) in [5, 5.41) is 6.18. The number of halogens is 2. The fourth-order valence-electron chi connectivity index (χ4n) is 2.90. The SMILES string of the molecule is O=C(NC1CNCCC1c1ccc(F)c(F)c1)c1cccnc1. The topological polar surface area (TPSA) is 54.0 Å². The maximum atomic E-state index is 13.5. The van der Waals surface area contributed by atoms with Crippen molar-refractivity contribution in [2.45, 2.75) is 18.4 Å². The van der Waals surface area contributed by atoms with Gasteiger partial charge in [0, 0.05) is 30.9 Å². The number of nitrogens with one attached hydrogen (secondary N) is 2. The number of pyridine rings is 1. The maximum absolute atomic E-state index is 13.5. The van der Waals surface area contributed by atoms with Crippen LogP contribution in [-0.4, -0.2) is 30.0 Å². The fraction of sp³-hybridized carbons (Fsp3) is 0.294. The molecule has 23 heavy (non-hydrogen) atoms. The summed E-state index contributed by atoms with van der Waals surface area (Å²) in [5.41, 5.74) is 1.17. The van der Waals surface area contributed by atoms with Crippen LogP contribution in [0.1, 0.15) is 28.3 Å². The first kappa shape index (κ1) is 15.6. The number of hydrogen-bond donors (Lipinski definition) is 2. The summed E-state index contributed by atoms with van der Waals surface area (Å²) in [4.78, 5) is 16.2. The molecule has 6 heteroatoms. The number of hydrogen-bond acceptors (Lipinski definition) is 3. The fourth-order valence-corrected chi connectivity index (χ4v) is 2.90. The summed E-state index contributed by atoms with van der Waals surface area (Å²) in [6, 6.07) is 7.12. The normalized spacial score (nSPS) is 21.0. The van der Waals surface area contributed by atoms with Crippen molar-refractivity contribution in [2.75, 3.05) is 13.1 Å². The highest BCUT2D eigenvalue weighted by Crippen LogP contribution is 2.27. The van der Waals surface area contributed by atoms with Crippen LogP contribution in [0.3, 0.4) is 0 Å². The van der Waals surface area contributed by atoms with Gasteiger partial charge in [-0.25, -0.2) is 8.78 Å². The Labute approximate surface area is 132 Å². The first-order chi connectivity index (χ1) is 11.1. The standard InChI is InChI=1S/C17H17F2N3O/c18-14-4-3-11(8-15(14)19)13-5-7-21-10-16(13)22-17(23)12-2-1-6-20-9-12/h1-4,6,8-9,13,16,21H,5,7,10H2,(H,22,23). The van der Waals surface area contributed by atoms with Crippen LogP contribution < -0.4 is 10.6 Å². The van der Waals surface area contributed by atoms with E-state index in [0.717, 1.165) is 19.0 Å². The molecule has 1 aliphatic rings. The smallest absolute Gasteiger partial charge is 0.253 e. The Morgan fingerprint density at radius 1 is 1.26 bits per heavy atom. The monoisotopic (exact) mass is 317 g/mol. The largest absolute Gasteiger partial charge is 0.347 e. The van der Waals surface area contributed by atoms with Crippen LogP contribution in [0.5, 0.6) is 0 Å². The number of amides is 1. The van der Waals surface area contributed by atoms with Crippen molar-refractivity contribution < 1.29 is 13.6 Å². The molecule has 120 valence electrons. The maximum Gasteiger partial charge on any atom is 0.253 e. The van der Waals surface area contributed by atoms with Crippen molar-refractivity contribution >= 4 is 5.91 Å². The van der Waals surface area contributed by atoms with Gasteiger partial charge in [0.25, 0.3) is 5.91 Å². The third-order valence-electron chi connectivity index (χ3n) is 4.09. The molecule has 3 rings (SSSR count). The van der Waals surface area contributed by atoms with Crippen LogP contribution >= 0.6 is 0 Å². The van der Waals surface area contributed by atoms with Gasteiger partial charge in [0.05, 0.1) is 5.56 Å². The van der Waals surface area contributed by atoms with E-state index in [1.165, 1.54) is 12.3 Å². The van der Waals surface area contributed by atoms with E-state index in [4.69, 9.17) is 0 Å². The van der Waals surface area contributed by atoms with E-state index < -0.39 is 11.6 Å². The van der Waals surface area contributed by atoms with E-state index in [-0.39, 0.29) is 17.9 Å². The van der Waals surface area contributed by atoms with Crippen molar-refractivity contribution in [1.29, 1.82) is 0 Å². The minimum Gasteiger partial charge on any atom is -0.347 e. The summed E-state index contributed by atoms with van der Waals surface area (Å²) < 4.78 is 26.6. The number of piperidine rings is 1. The number of aromatic nitrogens is 1. The highest BCUT2D eigenvalue weighted by Gasteiger charge is 2.28. The molecule has 2 aromatic rings. The minimum absolute atomic E-state index is 0.0630. The first-order valence-corrected chi connectivity index (χ1v) is 7.51. The molecule has 0 radical (unpaired) electrons. The molecule has 1 aliphatic heterocycles. The lowest BCUT2D eigenvalue weighted by atomic mass is 9.86. The molecule has 1 saturated heterocycles. The Morgan fingerprint density at radius 2 is 2.13 bits per heavy atom. The second-order valence-electron chi connectivity index (χ2n) is 5.59. The third kappa shape index (κ3) is 3.53. The number of nitrogens with zero attached hydrogens (tertiary/aromatic N) is 1. The summed E-state index contributed by atoms with van der Waals surface area (Å²) in [6.07, 6.45) is 3.84. The van der Waals surface area contributed by atoms with Gasteiger partial charge in [0.2, 0.25) is 0 Å². The quantitative estimate of drug-likeness (QED) is 0.913. The zero-order valence-electron chi connectivity index (χ0n) is 12.4. The van der Waals surface area contributed by atoms with E-state index in [0.29, 0.717) is 17.7 Å². The predicted molar refractivity (Wildman–Crippen MR) is 82.1 cm³/mol. The lowest BCUT2D eigenvalue weighted by Crippen LogP contribution is -2.50. The molecule has 2 N–H and O–H groups in total. The van der Waals surface area contributed by atoms with E-state index in [9.17, 15) is 13.6 Å². The zero-order chi connectivity index (χ0) is 16.2. The Bertz CT molecular complexity index is 693. The number of carbonyl (C=O) groups excluding carboxylic acids is 1. The molecule has 1 amide bonds. The lowest BCUT2D eigenvalue weighted by molar-refractivity contribution is 0.0924. The van der Waals surface area contributed by atoms with Crippen molar-refractivity contribution in [3.63, 3.8) is 0 Å². The zero-order valence-corrected chi connectivity index (χ0v) is 12.4.